The van der Waals surface area contributed by atoms with E-state index < -0.39 is 5.97 Å². The molecule has 0 aliphatic heterocycles. The molecule has 124 valence electrons. The van der Waals surface area contributed by atoms with Gasteiger partial charge in [-0.3, -0.25) is 4.79 Å². The van der Waals surface area contributed by atoms with Gasteiger partial charge in [0, 0.05) is 22.0 Å². The van der Waals surface area contributed by atoms with Gasteiger partial charge in [-0.15, -0.1) is 11.3 Å². The van der Waals surface area contributed by atoms with Gasteiger partial charge in [0.05, 0.1) is 18.6 Å². The van der Waals surface area contributed by atoms with E-state index in [1.165, 1.54) is 11.3 Å². The van der Waals surface area contributed by atoms with Crippen molar-refractivity contribution in [3.8, 4) is 0 Å². The fourth-order valence-electron chi connectivity index (χ4n) is 2.59. The molecule has 0 bridgehead atoms. The summed E-state index contributed by atoms with van der Waals surface area (Å²) < 4.78 is 5.04. The number of nitrogens with one attached hydrogen (secondary N) is 2. The molecule has 0 atom stereocenters. The third-order valence-corrected chi connectivity index (χ3v) is 4.60. The minimum atomic E-state index is -0.413. The number of hydrogen-bond acceptors (Lipinski definition) is 4. The number of fused-ring (bicyclic) bond motifs is 1. The van der Waals surface area contributed by atoms with Crippen LogP contribution >= 0.6 is 11.3 Å². The van der Waals surface area contributed by atoms with Crippen molar-refractivity contribution in [3.05, 3.63) is 52.5 Å². The number of para-hydroxylation sites is 1. The van der Waals surface area contributed by atoms with Crippen LogP contribution in [0.5, 0.6) is 0 Å². The summed E-state index contributed by atoms with van der Waals surface area (Å²) in [6, 6.07) is 9.58. The maximum Gasteiger partial charge on any atom is 0.341 e. The maximum absolute atomic E-state index is 12.4. The molecule has 3 rings (SSSR count). The Morgan fingerprint density at radius 3 is 2.88 bits per heavy atom. The molecule has 0 unspecified atom stereocenters. The van der Waals surface area contributed by atoms with Crippen molar-refractivity contribution < 1.29 is 14.3 Å². The number of amides is 1. The summed E-state index contributed by atoms with van der Waals surface area (Å²) in [7, 11) is 0. The molecule has 0 saturated heterocycles. The van der Waals surface area contributed by atoms with Gasteiger partial charge in [0.25, 0.3) is 0 Å². The second-order valence-electron chi connectivity index (χ2n) is 5.40. The van der Waals surface area contributed by atoms with Crippen molar-refractivity contribution in [2.45, 2.75) is 20.3 Å². The van der Waals surface area contributed by atoms with Gasteiger partial charge in [-0.25, -0.2) is 4.79 Å². The molecular weight excluding hydrogens is 324 g/mol. The maximum atomic E-state index is 12.4. The molecule has 0 radical (unpaired) electrons. The summed E-state index contributed by atoms with van der Waals surface area (Å²) >= 11 is 1.37. The normalized spacial score (nSPS) is 10.8. The molecule has 24 heavy (non-hydrogen) atoms. The van der Waals surface area contributed by atoms with Gasteiger partial charge in [-0.1, -0.05) is 18.2 Å². The van der Waals surface area contributed by atoms with Crippen molar-refractivity contribution >= 4 is 39.1 Å². The minimum Gasteiger partial charge on any atom is -0.462 e. The number of aryl methyl sites for hydroxylation is 1. The summed E-state index contributed by atoms with van der Waals surface area (Å²) in [5.74, 6) is -0.573. The first-order valence-electron chi connectivity index (χ1n) is 7.71. The highest BCUT2D eigenvalue weighted by Crippen LogP contribution is 2.28. The number of aromatic amines is 1. The lowest BCUT2D eigenvalue weighted by Crippen LogP contribution is -2.16. The highest BCUT2D eigenvalue weighted by Gasteiger charge is 2.18. The molecule has 0 spiro atoms. The highest BCUT2D eigenvalue weighted by atomic mass is 32.1. The summed E-state index contributed by atoms with van der Waals surface area (Å²) in [6.07, 6.45) is 2.08. The predicted molar refractivity (Wildman–Crippen MR) is 95.6 cm³/mol. The molecule has 5 nitrogen and oxygen atoms in total. The molecule has 2 aromatic heterocycles. The van der Waals surface area contributed by atoms with Crippen LogP contribution in [0.15, 0.2) is 36.5 Å². The monoisotopic (exact) mass is 342 g/mol. The Kier molecular flexibility index (Phi) is 4.66. The Morgan fingerprint density at radius 1 is 1.29 bits per heavy atom. The molecule has 1 aromatic carbocycles. The van der Waals surface area contributed by atoms with Gasteiger partial charge in [0.15, 0.2) is 0 Å². The number of benzene rings is 1. The zero-order valence-electron chi connectivity index (χ0n) is 13.5. The number of esters is 1. The number of rotatable bonds is 5. The molecule has 6 heteroatoms. The van der Waals surface area contributed by atoms with Crippen LogP contribution in [0.3, 0.4) is 0 Å². The number of carbonyl (C=O) groups excluding carboxylic acids is 2. The Labute approximate surface area is 143 Å². The van der Waals surface area contributed by atoms with Crippen molar-refractivity contribution in [1.82, 2.24) is 4.98 Å². The van der Waals surface area contributed by atoms with E-state index in [1.54, 1.807) is 13.0 Å². The zero-order valence-corrected chi connectivity index (χ0v) is 14.3. The lowest BCUT2D eigenvalue weighted by molar-refractivity contribution is -0.115. The van der Waals surface area contributed by atoms with Gasteiger partial charge < -0.3 is 15.0 Å². The topological polar surface area (TPSA) is 71.2 Å². The lowest BCUT2D eigenvalue weighted by atomic mass is 10.1. The molecule has 0 aliphatic rings. The van der Waals surface area contributed by atoms with E-state index in [1.807, 2.05) is 37.4 Å². The number of ether oxygens (including phenoxy) is 1. The van der Waals surface area contributed by atoms with E-state index >= 15 is 0 Å². The number of aromatic nitrogens is 1. The van der Waals surface area contributed by atoms with Crippen LogP contribution in [0, 0.1) is 6.92 Å². The smallest absolute Gasteiger partial charge is 0.341 e. The SMILES string of the molecule is CCOC(=O)c1cc(C)sc1NC(=O)Cc1c[nH]c2ccccc12. The summed E-state index contributed by atoms with van der Waals surface area (Å²) in [5, 5.41) is 4.40. The standard InChI is InChI=1S/C18H18N2O3S/c1-3-23-18(22)14-8-11(2)24-17(14)20-16(21)9-12-10-19-15-7-5-4-6-13(12)15/h4-8,10,19H,3,9H2,1-2H3,(H,20,21). The first kappa shape index (κ1) is 16.3. The van der Waals surface area contributed by atoms with E-state index in [-0.39, 0.29) is 12.3 Å². The second kappa shape index (κ2) is 6.88. The molecule has 1 amide bonds. The van der Waals surface area contributed by atoms with Gasteiger partial charge >= 0.3 is 5.97 Å². The Bertz CT molecular complexity index is 895. The van der Waals surface area contributed by atoms with Crippen LogP contribution in [-0.4, -0.2) is 23.5 Å². The summed E-state index contributed by atoms with van der Waals surface area (Å²) in [6.45, 7) is 3.95. The Morgan fingerprint density at radius 2 is 2.08 bits per heavy atom. The predicted octanol–water partition coefficient (Wildman–Crippen LogP) is 3.90. The van der Waals surface area contributed by atoms with Crippen LogP contribution in [0.4, 0.5) is 5.00 Å². The number of thiophene rings is 1. The van der Waals surface area contributed by atoms with Crippen molar-refractivity contribution in [2.24, 2.45) is 0 Å². The molecule has 2 N–H and O–H groups in total. The number of carbonyl (C=O) groups is 2. The van der Waals surface area contributed by atoms with Gasteiger partial charge in [-0.2, -0.15) is 0 Å². The summed E-state index contributed by atoms with van der Waals surface area (Å²) in [5.41, 5.74) is 2.33. The van der Waals surface area contributed by atoms with Crippen molar-refractivity contribution in [2.75, 3.05) is 11.9 Å². The fourth-order valence-corrected chi connectivity index (χ4v) is 3.51. The fraction of sp³-hybridized carbons (Fsp3) is 0.222. The van der Waals surface area contributed by atoms with Gasteiger partial charge in [-0.05, 0) is 31.5 Å². The largest absolute Gasteiger partial charge is 0.462 e. The number of hydrogen-bond donors (Lipinski definition) is 2. The van der Waals surface area contributed by atoms with Crippen LogP contribution in [0.1, 0.15) is 27.7 Å². The molecule has 0 aliphatic carbocycles. The lowest BCUT2D eigenvalue weighted by Gasteiger charge is -2.06. The average molecular weight is 342 g/mol. The van der Waals surface area contributed by atoms with Gasteiger partial charge in [0.1, 0.15) is 5.00 Å². The number of anilines is 1. The zero-order chi connectivity index (χ0) is 17.1. The van der Waals surface area contributed by atoms with E-state index in [9.17, 15) is 9.59 Å². The molecule has 0 saturated carbocycles. The van der Waals surface area contributed by atoms with Crippen LogP contribution in [0.25, 0.3) is 10.9 Å². The van der Waals surface area contributed by atoms with E-state index in [0.717, 1.165) is 21.3 Å². The Balaban J connectivity index is 1.77. The quantitative estimate of drug-likeness (QED) is 0.691. The first-order chi connectivity index (χ1) is 11.6. The van der Waals surface area contributed by atoms with Crippen molar-refractivity contribution in [3.63, 3.8) is 0 Å². The van der Waals surface area contributed by atoms with Crippen LogP contribution in [0.2, 0.25) is 0 Å². The third-order valence-electron chi connectivity index (χ3n) is 3.63. The van der Waals surface area contributed by atoms with E-state index in [2.05, 4.69) is 10.3 Å². The molecular formula is C18H18N2O3S. The average Bonchev–Trinajstić information content (AvgIpc) is 3.12. The van der Waals surface area contributed by atoms with Crippen LogP contribution < -0.4 is 5.32 Å². The first-order valence-corrected chi connectivity index (χ1v) is 8.52. The van der Waals surface area contributed by atoms with Crippen LogP contribution in [-0.2, 0) is 16.0 Å². The Hall–Kier alpha value is -2.60. The van der Waals surface area contributed by atoms with Crippen molar-refractivity contribution in [1.29, 1.82) is 0 Å². The summed E-state index contributed by atoms with van der Waals surface area (Å²) in [4.78, 5) is 28.5. The second-order valence-corrected chi connectivity index (χ2v) is 6.66. The van der Waals surface area contributed by atoms with E-state index in [0.29, 0.717) is 17.2 Å². The minimum absolute atomic E-state index is 0.160. The van der Waals surface area contributed by atoms with Gasteiger partial charge in [0.2, 0.25) is 5.91 Å². The number of H-pyrrole nitrogens is 1. The molecule has 3 aromatic rings. The third kappa shape index (κ3) is 3.33. The molecule has 2 heterocycles. The highest BCUT2D eigenvalue weighted by molar-refractivity contribution is 7.16. The molecule has 0 fully saturated rings. The van der Waals surface area contributed by atoms with E-state index in [4.69, 9.17) is 4.74 Å².